The summed E-state index contributed by atoms with van der Waals surface area (Å²) in [6.07, 6.45) is -5.30. The number of halogens is 4. The topological polar surface area (TPSA) is 74.9 Å². The first kappa shape index (κ1) is 24.1. The normalized spacial score (nSPS) is 16.5. The lowest BCUT2D eigenvalue weighted by Crippen LogP contribution is -2.48. The Morgan fingerprint density at radius 1 is 1.00 bits per heavy atom. The van der Waals surface area contributed by atoms with E-state index < -0.39 is 23.7 Å². The first-order chi connectivity index (χ1) is 16.3. The van der Waals surface area contributed by atoms with Crippen LogP contribution in [0, 0.1) is 5.82 Å². The van der Waals surface area contributed by atoms with E-state index in [0.717, 1.165) is 6.07 Å². The molecule has 0 bridgehead atoms. The first-order valence-electron chi connectivity index (χ1n) is 10.8. The number of benzene rings is 2. The van der Waals surface area contributed by atoms with E-state index in [1.807, 2.05) is 0 Å². The molecule has 0 aliphatic carbocycles. The van der Waals surface area contributed by atoms with Gasteiger partial charge >= 0.3 is 6.18 Å². The summed E-state index contributed by atoms with van der Waals surface area (Å²) in [5, 5.41) is 14.1. The molecule has 182 valence electrons. The number of nitrogens with zero attached hydrogens (tertiary/aromatic N) is 4. The zero-order valence-corrected chi connectivity index (χ0v) is 18.2. The predicted molar refractivity (Wildman–Crippen MR) is 114 cm³/mol. The van der Waals surface area contributed by atoms with Crippen molar-refractivity contribution in [2.75, 3.05) is 39.3 Å². The predicted octanol–water partition coefficient (Wildman–Crippen LogP) is 3.45. The molecule has 3 aromatic rings. The Bertz CT molecular complexity index is 1080. The van der Waals surface area contributed by atoms with Crippen LogP contribution in [-0.2, 0) is 12.7 Å². The second-order valence-electron chi connectivity index (χ2n) is 8.03. The van der Waals surface area contributed by atoms with Crippen molar-refractivity contribution < 1.29 is 31.9 Å². The van der Waals surface area contributed by atoms with Crippen LogP contribution in [0.15, 0.2) is 53.1 Å². The SMILES string of the molecule is O[C@H](COc1ccccc1F)CN1CCN(Cc2noc(-c3ccccc3C(F)(F)F)n2)CC1. The Hall–Kier alpha value is -3.02. The van der Waals surface area contributed by atoms with Crippen LogP contribution in [0.5, 0.6) is 5.75 Å². The van der Waals surface area contributed by atoms with Crippen LogP contribution >= 0.6 is 0 Å². The highest BCUT2D eigenvalue weighted by Crippen LogP contribution is 2.36. The van der Waals surface area contributed by atoms with Crippen LogP contribution in [0.4, 0.5) is 17.6 Å². The van der Waals surface area contributed by atoms with Gasteiger partial charge < -0.3 is 14.4 Å². The third kappa shape index (κ3) is 6.10. The zero-order valence-electron chi connectivity index (χ0n) is 18.2. The van der Waals surface area contributed by atoms with Gasteiger partial charge in [0.15, 0.2) is 17.4 Å². The second-order valence-corrected chi connectivity index (χ2v) is 8.03. The van der Waals surface area contributed by atoms with Gasteiger partial charge in [-0.05, 0) is 24.3 Å². The molecule has 0 spiro atoms. The van der Waals surface area contributed by atoms with Crippen molar-refractivity contribution in [3.8, 4) is 17.2 Å². The molecule has 1 N–H and O–H groups in total. The number of alkyl halides is 3. The van der Waals surface area contributed by atoms with Crippen molar-refractivity contribution in [2.24, 2.45) is 0 Å². The van der Waals surface area contributed by atoms with Gasteiger partial charge in [-0.3, -0.25) is 9.80 Å². The first-order valence-corrected chi connectivity index (χ1v) is 10.8. The molecule has 7 nitrogen and oxygen atoms in total. The van der Waals surface area contributed by atoms with E-state index in [-0.39, 0.29) is 23.8 Å². The molecule has 1 saturated heterocycles. The molecular formula is C23H24F4N4O3. The van der Waals surface area contributed by atoms with E-state index in [1.165, 1.54) is 30.3 Å². The van der Waals surface area contributed by atoms with Crippen molar-refractivity contribution in [3.05, 3.63) is 65.7 Å². The van der Waals surface area contributed by atoms with Gasteiger partial charge in [0.05, 0.1) is 17.7 Å². The van der Waals surface area contributed by atoms with Gasteiger partial charge in [0.1, 0.15) is 12.7 Å². The number of β-amino-alcohol motifs (C(OH)–C–C–N with tert-alkyl or cyclic N) is 1. The molecule has 1 fully saturated rings. The molecule has 0 amide bonds. The van der Waals surface area contributed by atoms with Crippen molar-refractivity contribution in [1.82, 2.24) is 19.9 Å². The van der Waals surface area contributed by atoms with Crippen LogP contribution in [0.2, 0.25) is 0 Å². The van der Waals surface area contributed by atoms with Crippen LogP contribution in [0.3, 0.4) is 0 Å². The number of aliphatic hydroxyl groups is 1. The van der Waals surface area contributed by atoms with Crippen LogP contribution in [0.1, 0.15) is 11.4 Å². The second kappa shape index (κ2) is 10.5. The maximum Gasteiger partial charge on any atom is 0.417 e. The fourth-order valence-corrected chi connectivity index (χ4v) is 3.77. The summed E-state index contributed by atoms with van der Waals surface area (Å²) in [6, 6.07) is 11.1. The van der Waals surface area contributed by atoms with E-state index in [9.17, 15) is 22.7 Å². The summed E-state index contributed by atoms with van der Waals surface area (Å²) >= 11 is 0. The lowest BCUT2D eigenvalue weighted by Gasteiger charge is -2.34. The highest BCUT2D eigenvalue weighted by molar-refractivity contribution is 5.59. The van der Waals surface area contributed by atoms with E-state index in [1.54, 1.807) is 12.1 Å². The number of rotatable bonds is 8. The largest absolute Gasteiger partial charge is 0.488 e. The number of hydrogen-bond donors (Lipinski definition) is 1. The van der Waals surface area contributed by atoms with Crippen LogP contribution in [-0.4, -0.2) is 70.5 Å². The number of hydrogen-bond acceptors (Lipinski definition) is 7. The summed E-state index contributed by atoms with van der Waals surface area (Å²) in [4.78, 5) is 8.28. The minimum absolute atomic E-state index is 0.0216. The van der Waals surface area contributed by atoms with Gasteiger partial charge in [-0.2, -0.15) is 18.2 Å². The Morgan fingerprint density at radius 2 is 1.68 bits per heavy atom. The highest BCUT2D eigenvalue weighted by Gasteiger charge is 2.35. The molecule has 4 rings (SSSR count). The average molecular weight is 480 g/mol. The molecule has 1 atom stereocenters. The molecule has 0 radical (unpaired) electrons. The van der Waals surface area contributed by atoms with E-state index in [0.29, 0.717) is 45.1 Å². The van der Waals surface area contributed by atoms with Crippen molar-refractivity contribution in [2.45, 2.75) is 18.8 Å². The third-order valence-corrected chi connectivity index (χ3v) is 5.50. The highest BCUT2D eigenvalue weighted by atomic mass is 19.4. The molecule has 0 saturated carbocycles. The molecular weight excluding hydrogens is 456 g/mol. The fraction of sp³-hybridized carbons (Fsp3) is 0.391. The quantitative estimate of drug-likeness (QED) is 0.495. The lowest BCUT2D eigenvalue weighted by molar-refractivity contribution is -0.137. The minimum atomic E-state index is -4.52. The van der Waals surface area contributed by atoms with Crippen molar-refractivity contribution >= 4 is 0 Å². The van der Waals surface area contributed by atoms with Gasteiger partial charge in [-0.25, -0.2) is 4.39 Å². The minimum Gasteiger partial charge on any atom is -0.488 e. The number of aromatic nitrogens is 2. The van der Waals surface area contributed by atoms with Gasteiger partial charge in [-0.15, -0.1) is 0 Å². The van der Waals surface area contributed by atoms with E-state index >= 15 is 0 Å². The summed E-state index contributed by atoms with van der Waals surface area (Å²) < 4.78 is 63.8. The molecule has 0 unspecified atom stereocenters. The summed E-state index contributed by atoms with van der Waals surface area (Å²) in [5.41, 5.74) is -0.971. The van der Waals surface area contributed by atoms with Crippen molar-refractivity contribution in [3.63, 3.8) is 0 Å². The standard InChI is InChI=1S/C23H24F4N4O3/c24-19-7-3-4-8-20(19)33-15-16(32)13-30-9-11-31(12-10-30)14-21-28-22(34-29-21)17-5-1-2-6-18(17)23(25,26)27/h1-8,16,32H,9-15H2/t16-/m0/s1. The fourth-order valence-electron chi connectivity index (χ4n) is 3.77. The Morgan fingerprint density at radius 3 is 2.41 bits per heavy atom. The van der Waals surface area contributed by atoms with E-state index in [2.05, 4.69) is 19.9 Å². The number of ether oxygens (including phenoxy) is 1. The van der Waals surface area contributed by atoms with Gasteiger partial charge in [0, 0.05) is 32.7 Å². The van der Waals surface area contributed by atoms with Crippen LogP contribution in [0.25, 0.3) is 11.5 Å². The Balaban J connectivity index is 1.25. The summed E-state index contributed by atoms with van der Waals surface area (Å²) in [6.45, 7) is 3.34. The monoisotopic (exact) mass is 480 g/mol. The van der Waals surface area contributed by atoms with Crippen LogP contribution < -0.4 is 4.74 Å². The van der Waals surface area contributed by atoms with E-state index in [4.69, 9.17) is 9.26 Å². The maximum absolute atomic E-state index is 13.6. The van der Waals surface area contributed by atoms with Gasteiger partial charge in [0.2, 0.25) is 0 Å². The molecule has 1 aliphatic rings. The molecule has 2 aromatic carbocycles. The smallest absolute Gasteiger partial charge is 0.417 e. The maximum atomic E-state index is 13.6. The Kier molecular flexibility index (Phi) is 7.44. The summed E-state index contributed by atoms with van der Waals surface area (Å²) in [5.74, 6) is -0.239. The molecule has 1 aliphatic heterocycles. The number of para-hydroxylation sites is 1. The Labute approximate surface area is 193 Å². The molecule has 2 heterocycles. The number of piperazine rings is 1. The third-order valence-electron chi connectivity index (χ3n) is 5.50. The molecule has 11 heteroatoms. The number of aliphatic hydroxyl groups excluding tert-OH is 1. The summed E-state index contributed by atoms with van der Waals surface area (Å²) in [7, 11) is 0. The van der Waals surface area contributed by atoms with Gasteiger partial charge in [-0.1, -0.05) is 29.4 Å². The lowest BCUT2D eigenvalue weighted by atomic mass is 10.1. The van der Waals surface area contributed by atoms with Crippen molar-refractivity contribution in [1.29, 1.82) is 0 Å². The molecule has 34 heavy (non-hydrogen) atoms. The zero-order chi connectivity index (χ0) is 24.1. The average Bonchev–Trinajstić information content (AvgIpc) is 3.28. The van der Waals surface area contributed by atoms with Gasteiger partial charge in [0.25, 0.3) is 5.89 Å². The molecule has 1 aromatic heterocycles.